The van der Waals surface area contributed by atoms with Crippen molar-refractivity contribution < 1.29 is 4.79 Å². The van der Waals surface area contributed by atoms with Gasteiger partial charge in [-0.3, -0.25) is 0 Å². The highest BCUT2D eigenvalue weighted by Crippen LogP contribution is 2.30. The van der Waals surface area contributed by atoms with Gasteiger partial charge in [-0.05, 0) is 47.9 Å². The Morgan fingerprint density at radius 2 is 1.75 bits per heavy atom. The number of aromatic nitrogens is 2. The third-order valence-corrected chi connectivity index (χ3v) is 5.40. The van der Waals surface area contributed by atoms with E-state index in [4.69, 9.17) is 0 Å². The highest BCUT2D eigenvalue weighted by molar-refractivity contribution is 7.21. The molecular weight excluding hydrogens is 368 g/mol. The Morgan fingerprint density at radius 1 is 0.964 bits per heavy atom. The molecule has 0 saturated carbocycles. The standard InChI is InChI=1S/C22H20N4OS/c1-14(2)15-8-10-17(11-9-15)24-22(27)25-18-6-3-5-16(13-18)20-26-19-7-4-12-23-21(19)28-20/h3-14H,1-2H3,(H2,24,25,27). The number of carbonyl (C=O) groups excluding carboxylic acids is 1. The fourth-order valence-corrected chi connectivity index (χ4v) is 3.77. The minimum absolute atomic E-state index is 0.277. The highest BCUT2D eigenvalue weighted by Gasteiger charge is 2.09. The van der Waals surface area contributed by atoms with Crippen molar-refractivity contribution in [2.24, 2.45) is 0 Å². The first-order valence-electron chi connectivity index (χ1n) is 9.08. The Bertz CT molecular complexity index is 1090. The van der Waals surface area contributed by atoms with Crippen LogP contribution in [0.3, 0.4) is 0 Å². The van der Waals surface area contributed by atoms with Crippen LogP contribution in [0.4, 0.5) is 16.2 Å². The van der Waals surface area contributed by atoms with Crippen molar-refractivity contribution in [3.8, 4) is 10.6 Å². The third-order valence-electron chi connectivity index (χ3n) is 4.37. The van der Waals surface area contributed by atoms with Gasteiger partial charge in [0.05, 0.1) is 0 Å². The first-order chi connectivity index (χ1) is 13.6. The van der Waals surface area contributed by atoms with Crippen molar-refractivity contribution in [1.29, 1.82) is 0 Å². The lowest BCUT2D eigenvalue weighted by atomic mass is 10.0. The SMILES string of the molecule is CC(C)c1ccc(NC(=O)Nc2cccc(-c3nc4cccnc4s3)c2)cc1. The fourth-order valence-electron chi connectivity index (χ4n) is 2.87. The fraction of sp³-hybridized carbons (Fsp3) is 0.136. The molecule has 5 nitrogen and oxygen atoms in total. The zero-order valence-electron chi connectivity index (χ0n) is 15.6. The van der Waals surface area contributed by atoms with Crippen LogP contribution in [0.2, 0.25) is 0 Å². The Morgan fingerprint density at radius 3 is 2.50 bits per heavy atom. The second-order valence-electron chi connectivity index (χ2n) is 6.78. The van der Waals surface area contributed by atoms with Gasteiger partial charge < -0.3 is 10.6 Å². The molecule has 2 aromatic carbocycles. The largest absolute Gasteiger partial charge is 0.323 e. The molecule has 2 heterocycles. The molecule has 6 heteroatoms. The molecule has 2 amide bonds. The van der Waals surface area contributed by atoms with Crippen molar-refractivity contribution in [3.05, 3.63) is 72.4 Å². The lowest BCUT2D eigenvalue weighted by Crippen LogP contribution is -2.19. The van der Waals surface area contributed by atoms with E-state index in [-0.39, 0.29) is 6.03 Å². The summed E-state index contributed by atoms with van der Waals surface area (Å²) in [4.78, 5) is 22.2. The molecule has 0 saturated heterocycles. The number of nitrogens with one attached hydrogen (secondary N) is 2. The quantitative estimate of drug-likeness (QED) is 0.442. The molecule has 2 aromatic heterocycles. The van der Waals surface area contributed by atoms with E-state index in [2.05, 4.69) is 34.4 Å². The minimum Gasteiger partial charge on any atom is -0.308 e. The van der Waals surface area contributed by atoms with Gasteiger partial charge in [0, 0.05) is 23.1 Å². The summed E-state index contributed by atoms with van der Waals surface area (Å²) >= 11 is 1.53. The molecule has 0 unspecified atom stereocenters. The molecule has 0 spiro atoms. The Hall–Kier alpha value is -3.25. The van der Waals surface area contributed by atoms with Gasteiger partial charge >= 0.3 is 6.03 Å². The predicted octanol–water partition coefficient (Wildman–Crippen LogP) is 6.13. The molecule has 0 aliphatic heterocycles. The van der Waals surface area contributed by atoms with E-state index in [0.717, 1.165) is 26.6 Å². The molecule has 0 aliphatic rings. The van der Waals surface area contributed by atoms with Gasteiger partial charge in [0.2, 0.25) is 0 Å². The van der Waals surface area contributed by atoms with Gasteiger partial charge in [-0.2, -0.15) is 0 Å². The number of nitrogens with zero attached hydrogens (tertiary/aromatic N) is 2. The van der Waals surface area contributed by atoms with Crippen LogP contribution in [-0.4, -0.2) is 16.0 Å². The second-order valence-corrected chi connectivity index (χ2v) is 7.76. The number of hydrogen-bond acceptors (Lipinski definition) is 4. The molecule has 0 fully saturated rings. The molecule has 0 atom stereocenters. The van der Waals surface area contributed by atoms with Crippen LogP contribution < -0.4 is 10.6 Å². The summed E-state index contributed by atoms with van der Waals surface area (Å²) in [7, 11) is 0. The molecule has 140 valence electrons. The molecule has 0 radical (unpaired) electrons. The van der Waals surface area contributed by atoms with Crippen LogP contribution in [0.1, 0.15) is 25.3 Å². The van der Waals surface area contributed by atoms with Crippen LogP contribution in [0.5, 0.6) is 0 Å². The average Bonchev–Trinajstić information content (AvgIpc) is 3.13. The van der Waals surface area contributed by atoms with Crippen molar-refractivity contribution in [3.63, 3.8) is 0 Å². The lowest BCUT2D eigenvalue weighted by Gasteiger charge is -2.10. The van der Waals surface area contributed by atoms with E-state index in [9.17, 15) is 4.79 Å². The maximum absolute atomic E-state index is 12.3. The van der Waals surface area contributed by atoms with Crippen molar-refractivity contribution in [2.75, 3.05) is 10.6 Å². The molecule has 4 rings (SSSR count). The molecule has 0 aliphatic carbocycles. The van der Waals surface area contributed by atoms with Gasteiger partial charge in [-0.25, -0.2) is 14.8 Å². The number of rotatable bonds is 4. The van der Waals surface area contributed by atoms with Crippen LogP contribution in [0.25, 0.3) is 20.9 Å². The van der Waals surface area contributed by atoms with Gasteiger partial charge in [0.25, 0.3) is 0 Å². The highest BCUT2D eigenvalue weighted by atomic mass is 32.1. The number of hydrogen-bond donors (Lipinski definition) is 2. The maximum atomic E-state index is 12.3. The van der Waals surface area contributed by atoms with Gasteiger partial charge in [-0.15, -0.1) is 0 Å². The third kappa shape index (κ3) is 4.02. The van der Waals surface area contributed by atoms with E-state index >= 15 is 0 Å². The number of anilines is 2. The molecule has 0 bridgehead atoms. The Kier molecular flexibility index (Phi) is 5.04. The van der Waals surface area contributed by atoms with Crippen molar-refractivity contribution in [2.45, 2.75) is 19.8 Å². The van der Waals surface area contributed by atoms with Crippen LogP contribution >= 0.6 is 11.3 Å². The van der Waals surface area contributed by atoms with E-state index in [1.807, 2.05) is 60.7 Å². The van der Waals surface area contributed by atoms with E-state index in [0.29, 0.717) is 11.6 Å². The van der Waals surface area contributed by atoms with Crippen LogP contribution in [-0.2, 0) is 0 Å². The summed E-state index contributed by atoms with van der Waals surface area (Å²) in [5.41, 5.74) is 4.53. The number of pyridine rings is 1. The number of carbonyl (C=O) groups is 1. The number of amides is 2. The van der Waals surface area contributed by atoms with E-state index in [1.54, 1.807) is 6.20 Å². The first kappa shape index (κ1) is 18.1. The molecule has 2 N–H and O–H groups in total. The second kappa shape index (κ2) is 7.78. The van der Waals surface area contributed by atoms with Gasteiger partial charge in [0.15, 0.2) is 0 Å². The minimum atomic E-state index is -0.277. The van der Waals surface area contributed by atoms with Gasteiger partial charge in [0.1, 0.15) is 15.4 Å². The average molecular weight is 388 g/mol. The lowest BCUT2D eigenvalue weighted by molar-refractivity contribution is 0.262. The number of urea groups is 1. The van der Waals surface area contributed by atoms with Crippen LogP contribution in [0, 0.1) is 0 Å². The van der Waals surface area contributed by atoms with Crippen molar-refractivity contribution >= 4 is 39.1 Å². The number of thiazole rings is 1. The summed E-state index contributed by atoms with van der Waals surface area (Å²) in [6.07, 6.45) is 1.76. The molecule has 4 aromatic rings. The normalized spacial score (nSPS) is 11.0. The zero-order chi connectivity index (χ0) is 19.5. The Balaban J connectivity index is 1.47. The van der Waals surface area contributed by atoms with E-state index in [1.165, 1.54) is 16.9 Å². The first-order valence-corrected chi connectivity index (χ1v) is 9.90. The summed E-state index contributed by atoms with van der Waals surface area (Å²) in [6, 6.07) is 19.1. The Labute approximate surface area is 167 Å². The summed E-state index contributed by atoms with van der Waals surface area (Å²) in [6.45, 7) is 4.28. The zero-order valence-corrected chi connectivity index (χ0v) is 16.5. The van der Waals surface area contributed by atoms with Gasteiger partial charge in [-0.1, -0.05) is 49.4 Å². The van der Waals surface area contributed by atoms with E-state index < -0.39 is 0 Å². The van der Waals surface area contributed by atoms with Crippen molar-refractivity contribution in [1.82, 2.24) is 9.97 Å². The molecule has 28 heavy (non-hydrogen) atoms. The number of fused-ring (bicyclic) bond motifs is 1. The predicted molar refractivity (Wildman–Crippen MR) is 116 cm³/mol. The summed E-state index contributed by atoms with van der Waals surface area (Å²) < 4.78 is 0. The molecular formula is C22H20N4OS. The maximum Gasteiger partial charge on any atom is 0.323 e. The topological polar surface area (TPSA) is 66.9 Å². The summed E-state index contributed by atoms with van der Waals surface area (Å²) in [5.74, 6) is 0.461. The smallest absolute Gasteiger partial charge is 0.308 e. The summed E-state index contributed by atoms with van der Waals surface area (Å²) in [5, 5.41) is 6.62. The van der Waals surface area contributed by atoms with Crippen LogP contribution in [0.15, 0.2) is 66.9 Å². The number of benzene rings is 2. The monoisotopic (exact) mass is 388 g/mol.